The fourth-order valence-corrected chi connectivity index (χ4v) is 3.96. The third kappa shape index (κ3) is 4.56. The SMILES string of the molecule is O=CC(=O)N1CCC(COc2coc(CN3Cc4ccccc4C3)cc2=O)CC1. The molecule has 4 rings (SSSR count). The van der Waals surface area contributed by atoms with Gasteiger partial charge in [-0.3, -0.25) is 19.3 Å². The maximum absolute atomic E-state index is 12.4. The summed E-state index contributed by atoms with van der Waals surface area (Å²) in [6.07, 6.45) is 3.24. The lowest BCUT2D eigenvalue weighted by molar-refractivity contribution is -0.139. The number of nitrogens with zero attached hydrogens (tertiary/aromatic N) is 2. The molecule has 152 valence electrons. The Bertz CT molecular complexity index is 921. The Labute approximate surface area is 168 Å². The summed E-state index contributed by atoms with van der Waals surface area (Å²) in [4.78, 5) is 38.1. The van der Waals surface area contributed by atoms with E-state index in [1.54, 1.807) is 4.90 Å². The molecular weight excluding hydrogens is 372 g/mol. The van der Waals surface area contributed by atoms with Crippen LogP contribution in [0.5, 0.6) is 5.75 Å². The molecule has 7 heteroatoms. The smallest absolute Gasteiger partial charge is 0.286 e. The van der Waals surface area contributed by atoms with Crippen molar-refractivity contribution < 1.29 is 18.7 Å². The number of ether oxygens (including phenoxy) is 1. The van der Waals surface area contributed by atoms with E-state index >= 15 is 0 Å². The monoisotopic (exact) mass is 396 g/mol. The standard InChI is InChI=1S/C22H24N2O5/c25-13-22(27)24-7-5-16(6-8-24)14-29-21-15-28-19(9-20(21)26)12-23-10-17-3-1-2-4-18(17)11-23/h1-4,9,13,15-16H,5-8,10-12,14H2. The van der Waals surface area contributed by atoms with E-state index in [0.29, 0.717) is 38.3 Å². The fraction of sp³-hybridized carbons (Fsp3) is 0.409. The van der Waals surface area contributed by atoms with Crippen molar-refractivity contribution in [2.75, 3.05) is 19.7 Å². The highest BCUT2D eigenvalue weighted by Crippen LogP contribution is 2.24. The lowest BCUT2D eigenvalue weighted by atomic mass is 9.98. The van der Waals surface area contributed by atoms with Crippen LogP contribution in [0.4, 0.5) is 0 Å². The molecule has 0 spiro atoms. The number of likely N-dealkylation sites (tertiary alicyclic amines) is 1. The lowest BCUT2D eigenvalue weighted by Gasteiger charge is -2.30. The van der Waals surface area contributed by atoms with E-state index in [2.05, 4.69) is 17.0 Å². The average Bonchev–Trinajstić information content (AvgIpc) is 3.15. The van der Waals surface area contributed by atoms with Crippen molar-refractivity contribution in [1.82, 2.24) is 9.80 Å². The van der Waals surface area contributed by atoms with Gasteiger partial charge in [-0.15, -0.1) is 0 Å². The van der Waals surface area contributed by atoms with Gasteiger partial charge in [-0.05, 0) is 29.9 Å². The summed E-state index contributed by atoms with van der Waals surface area (Å²) >= 11 is 0. The number of piperidine rings is 1. The number of aldehydes is 1. The normalized spacial score (nSPS) is 17.2. The third-order valence-electron chi connectivity index (χ3n) is 5.64. The second-order valence-corrected chi connectivity index (χ2v) is 7.69. The fourth-order valence-electron chi connectivity index (χ4n) is 3.96. The van der Waals surface area contributed by atoms with Gasteiger partial charge in [0, 0.05) is 32.2 Å². The van der Waals surface area contributed by atoms with Crippen LogP contribution < -0.4 is 10.2 Å². The van der Waals surface area contributed by atoms with Crippen LogP contribution in [0, 0.1) is 5.92 Å². The van der Waals surface area contributed by atoms with Crippen molar-refractivity contribution >= 4 is 12.2 Å². The Morgan fingerprint density at radius 3 is 2.48 bits per heavy atom. The zero-order valence-corrected chi connectivity index (χ0v) is 16.2. The molecule has 29 heavy (non-hydrogen) atoms. The predicted octanol–water partition coefficient (Wildman–Crippen LogP) is 1.97. The Hall–Kier alpha value is -2.93. The van der Waals surface area contributed by atoms with Crippen LogP contribution in [0.3, 0.4) is 0 Å². The van der Waals surface area contributed by atoms with Gasteiger partial charge in [0.1, 0.15) is 12.0 Å². The molecule has 1 aromatic carbocycles. The Morgan fingerprint density at radius 1 is 1.17 bits per heavy atom. The zero-order valence-electron chi connectivity index (χ0n) is 16.2. The predicted molar refractivity (Wildman–Crippen MR) is 105 cm³/mol. The van der Waals surface area contributed by atoms with Crippen molar-refractivity contribution in [3.05, 3.63) is 63.7 Å². The topological polar surface area (TPSA) is 80.1 Å². The molecule has 0 saturated carbocycles. The average molecular weight is 396 g/mol. The van der Waals surface area contributed by atoms with Gasteiger partial charge in [0.05, 0.1) is 13.2 Å². The lowest BCUT2D eigenvalue weighted by Crippen LogP contribution is -2.40. The molecule has 2 aromatic rings. The van der Waals surface area contributed by atoms with E-state index in [9.17, 15) is 14.4 Å². The molecule has 1 amide bonds. The minimum absolute atomic E-state index is 0.184. The molecule has 0 aliphatic carbocycles. The summed E-state index contributed by atoms with van der Waals surface area (Å²) in [6.45, 7) is 3.75. The molecule has 3 heterocycles. The number of benzene rings is 1. The molecule has 2 aliphatic rings. The van der Waals surface area contributed by atoms with Crippen LogP contribution in [0.1, 0.15) is 29.7 Å². The number of carbonyl (C=O) groups excluding carboxylic acids is 2. The van der Waals surface area contributed by atoms with E-state index < -0.39 is 5.91 Å². The molecule has 0 N–H and O–H groups in total. The van der Waals surface area contributed by atoms with Crippen LogP contribution in [-0.4, -0.2) is 41.7 Å². The van der Waals surface area contributed by atoms with E-state index in [0.717, 1.165) is 25.9 Å². The first kappa shape index (κ1) is 19.4. The van der Waals surface area contributed by atoms with Crippen molar-refractivity contribution in [2.45, 2.75) is 32.5 Å². The highest BCUT2D eigenvalue weighted by Gasteiger charge is 2.23. The van der Waals surface area contributed by atoms with E-state index in [1.165, 1.54) is 23.5 Å². The maximum atomic E-state index is 12.4. The van der Waals surface area contributed by atoms with Crippen molar-refractivity contribution in [2.24, 2.45) is 5.92 Å². The van der Waals surface area contributed by atoms with Crippen LogP contribution in [-0.2, 0) is 29.2 Å². The minimum Gasteiger partial charge on any atom is -0.486 e. The molecule has 1 fully saturated rings. The van der Waals surface area contributed by atoms with Crippen molar-refractivity contribution in [1.29, 1.82) is 0 Å². The van der Waals surface area contributed by atoms with E-state index in [-0.39, 0.29) is 17.1 Å². The van der Waals surface area contributed by atoms with Gasteiger partial charge in [-0.2, -0.15) is 0 Å². The third-order valence-corrected chi connectivity index (χ3v) is 5.64. The van der Waals surface area contributed by atoms with Crippen molar-refractivity contribution in [3.8, 4) is 5.75 Å². The minimum atomic E-state index is -0.471. The number of amides is 1. The summed E-state index contributed by atoms with van der Waals surface area (Å²) in [6, 6.07) is 9.84. The molecule has 1 saturated heterocycles. The Kier molecular flexibility index (Phi) is 5.76. The highest BCUT2D eigenvalue weighted by molar-refractivity contribution is 6.23. The van der Waals surface area contributed by atoms with Gasteiger partial charge in [0.15, 0.2) is 0 Å². The maximum Gasteiger partial charge on any atom is 0.286 e. The van der Waals surface area contributed by atoms with Crippen LogP contribution in [0.15, 0.2) is 45.8 Å². The number of hydrogen-bond acceptors (Lipinski definition) is 6. The molecule has 7 nitrogen and oxygen atoms in total. The van der Waals surface area contributed by atoms with Gasteiger partial charge in [0.25, 0.3) is 5.91 Å². The molecule has 1 aromatic heterocycles. The van der Waals surface area contributed by atoms with Crippen LogP contribution >= 0.6 is 0 Å². The molecular formula is C22H24N2O5. The van der Waals surface area contributed by atoms with E-state index in [4.69, 9.17) is 9.15 Å². The number of hydrogen-bond donors (Lipinski definition) is 0. The number of rotatable bonds is 6. The van der Waals surface area contributed by atoms with Gasteiger partial charge in [-0.25, -0.2) is 0 Å². The van der Waals surface area contributed by atoms with Gasteiger partial charge < -0.3 is 14.1 Å². The Balaban J connectivity index is 1.28. The summed E-state index contributed by atoms with van der Waals surface area (Å²) in [5.74, 6) is 0.607. The van der Waals surface area contributed by atoms with Crippen LogP contribution in [0.25, 0.3) is 0 Å². The first-order valence-corrected chi connectivity index (χ1v) is 9.90. The molecule has 0 radical (unpaired) electrons. The first-order valence-electron chi connectivity index (χ1n) is 9.90. The van der Waals surface area contributed by atoms with E-state index in [1.807, 2.05) is 12.1 Å². The molecule has 0 bridgehead atoms. The van der Waals surface area contributed by atoms with Crippen molar-refractivity contribution in [3.63, 3.8) is 0 Å². The second-order valence-electron chi connectivity index (χ2n) is 7.69. The largest absolute Gasteiger partial charge is 0.486 e. The molecule has 2 aliphatic heterocycles. The zero-order chi connectivity index (χ0) is 20.2. The molecule has 0 unspecified atom stereocenters. The summed E-state index contributed by atoms with van der Waals surface area (Å²) in [7, 11) is 0. The number of fused-ring (bicyclic) bond motifs is 1. The summed E-state index contributed by atoms with van der Waals surface area (Å²) in [5, 5.41) is 0. The summed E-state index contributed by atoms with van der Waals surface area (Å²) < 4.78 is 11.3. The highest BCUT2D eigenvalue weighted by atomic mass is 16.5. The van der Waals surface area contributed by atoms with Gasteiger partial charge in [0.2, 0.25) is 17.5 Å². The second kappa shape index (κ2) is 8.61. The summed E-state index contributed by atoms with van der Waals surface area (Å²) in [5.41, 5.74) is 2.45. The first-order chi connectivity index (χ1) is 14.1. The quantitative estimate of drug-likeness (QED) is 0.549. The number of carbonyl (C=O) groups is 2. The van der Waals surface area contributed by atoms with Gasteiger partial charge in [-0.1, -0.05) is 24.3 Å². The Morgan fingerprint density at radius 2 is 1.86 bits per heavy atom. The van der Waals surface area contributed by atoms with Gasteiger partial charge >= 0.3 is 0 Å². The van der Waals surface area contributed by atoms with Crippen LogP contribution in [0.2, 0.25) is 0 Å². The molecule has 0 atom stereocenters.